The van der Waals surface area contributed by atoms with E-state index in [0.717, 1.165) is 0 Å². The molecule has 0 aliphatic heterocycles. The largest absolute Gasteiger partial charge is 0.392 e. The van der Waals surface area contributed by atoms with E-state index < -0.39 is 0 Å². The molecule has 1 rings (SSSR count). The van der Waals surface area contributed by atoms with Gasteiger partial charge in [-0.3, -0.25) is 0 Å². The third-order valence-corrected chi connectivity index (χ3v) is 1.41. The fourth-order valence-electron chi connectivity index (χ4n) is 0.673. The zero-order chi connectivity index (χ0) is 5.28. The van der Waals surface area contributed by atoms with Crippen molar-refractivity contribution in [1.29, 1.82) is 0 Å². The maximum Gasteiger partial charge on any atom is 0.0690 e. The zero-order valence-corrected chi connectivity index (χ0v) is 4.30. The summed E-state index contributed by atoms with van der Waals surface area (Å²) in [6.07, 6.45) is 2.15. The van der Waals surface area contributed by atoms with Gasteiger partial charge in [0.05, 0.1) is 6.10 Å². The van der Waals surface area contributed by atoms with E-state index in [0.29, 0.717) is 12.5 Å². The van der Waals surface area contributed by atoms with Gasteiger partial charge in [-0.2, -0.15) is 0 Å². The smallest absolute Gasteiger partial charge is 0.0690 e. The average Bonchev–Trinajstić information content (AvgIpc) is 2.44. The predicted molar refractivity (Wildman–Crippen MR) is 27.8 cm³/mol. The maximum atomic E-state index is 8.87. The normalized spacial score (nSPS) is 24.9. The molecule has 0 spiro atoms. The van der Waals surface area contributed by atoms with Gasteiger partial charge < -0.3 is 10.8 Å². The van der Waals surface area contributed by atoms with E-state index in [9.17, 15) is 0 Å². The van der Waals surface area contributed by atoms with Crippen molar-refractivity contribution < 1.29 is 5.11 Å². The first-order chi connectivity index (χ1) is 3.34. The van der Waals surface area contributed by atoms with Crippen LogP contribution in [0.4, 0.5) is 0 Å². The highest BCUT2D eigenvalue weighted by molar-refractivity contribution is 4.80. The first-order valence-corrected chi connectivity index (χ1v) is 2.72. The summed E-state index contributed by atoms with van der Waals surface area (Å²) in [5.41, 5.74) is 5.16. The van der Waals surface area contributed by atoms with Crippen molar-refractivity contribution in [3.63, 3.8) is 0 Å². The molecule has 1 atom stereocenters. The van der Waals surface area contributed by atoms with Crippen LogP contribution in [0.3, 0.4) is 0 Å². The van der Waals surface area contributed by atoms with Crippen LogP contribution in [0.2, 0.25) is 0 Å². The minimum absolute atomic E-state index is 0.208. The summed E-state index contributed by atoms with van der Waals surface area (Å²) < 4.78 is 0. The van der Waals surface area contributed by atoms with Crippen LogP contribution in [0.25, 0.3) is 0 Å². The monoisotopic (exact) mass is 101 g/mol. The van der Waals surface area contributed by atoms with Crippen LogP contribution in [0.1, 0.15) is 12.8 Å². The summed E-state index contributed by atoms with van der Waals surface area (Å²) in [4.78, 5) is 0. The van der Waals surface area contributed by atoms with Gasteiger partial charge in [-0.25, -0.2) is 0 Å². The van der Waals surface area contributed by atoms with Gasteiger partial charge in [-0.05, 0) is 18.8 Å². The SMILES string of the molecule is NCC(O)C1CC1. The topological polar surface area (TPSA) is 46.2 Å². The first-order valence-electron chi connectivity index (χ1n) is 2.72. The zero-order valence-electron chi connectivity index (χ0n) is 4.30. The Labute approximate surface area is 43.3 Å². The van der Waals surface area contributed by atoms with E-state index in [1.807, 2.05) is 0 Å². The highest BCUT2D eigenvalue weighted by atomic mass is 16.3. The van der Waals surface area contributed by atoms with Crippen molar-refractivity contribution in [2.75, 3.05) is 6.54 Å². The summed E-state index contributed by atoms with van der Waals surface area (Å²) in [5, 5.41) is 8.87. The molecule has 1 aliphatic rings. The molecule has 0 aromatic carbocycles. The molecule has 7 heavy (non-hydrogen) atoms. The second-order valence-electron chi connectivity index (χ2n) is 2.14. The first kappa shape index (κ1) is 5.06. The number of hydrogen-bond donors (Lipinski definition) is 2. The lowest BCUT2D eigenvalue weighted by Gasteiger charge is -2.01. The van der Waals surface area contributed by atoms with E-state index in [2.05, 4.69) is 0 Å². The van der Waals surface area contributed by atoms with E-state index in [1.54, 1.807) is 0 Å². The molecular formula is C5H11NO. The Morgan fingerprint density at radius 1 is 1.71 bits per heavy atom. The fourth-order valence-corrected chi connectivity index (χ4v) is 0.673. The standard InChI is InChI=1S/C5H11NO/c6-3-5(7)4-1-2-4/h4-5,7H,1-3,6H2. The molecule has 0 heterocycles. The van der Waals surface area contributed by atoms with Crippen molar-refractivity contribution in [2.45, 2.75) is 18.9 Å². The van der Waals surface area contributed by atoms with Crippen LogP contribution >= 0.6 is 0 Å². The quantitative estimate of drug-likeness (QED) is 0.502. The number of rotatable bonds is 2. The van der Waals surface area contributed by atoms with Gasteiger partial charge in [0.25, 0.3) is 0 Å². The lowest BCUT2D eigenvalue weighted by Crippen LogP contribution is -2.21. The van der Waals surface area contributed by atoms with Gasteiger partial charge in [0, 0.05) is 6.54 Å². The number of nitrogens with two attached hydrogens (primary N) is 1. The molecule has 1 fully saturated rings. The summed E-state index contributed by atoms with van der Waals surface area (Å²) in [6, 6.07) is 0. The molecule has 2 heteroatoms. The van der Waals surface area contributed by atoms with Crippen molar-refractivity contribution in [1.82, 2.24) is 0 Å². The number of hydrogen-bond acceptors (Lipinski definition) is 2. The molecule has 3 N–H and O–H groups in total. The molecule has 0 radical (unpaired) electrons. The average molecular weight is 101 g/mol. The Balaban J connectivity index is 2.10. The molecule has 2 nitrogen and oxygen atoms in total. The maximum absolute atomic E-state index is 8.87. The Morgan fingerprint density at radius 2 is 2.29 bits per heavy atom. The molecule has 42 valence electrons. The number of aliphatic hydroxyl groups is 1. The molecule has 0 aromatic rings. The van der Waals surface area contributed by atoms with Crippen LogP contribution in [0.5, 0.6) is 0 Å². The van der Waals surface area contributed by atoms with Crippen LogP contribution < -0.4 is 5.73 Å². The highest BCUT2D eigenvalue weighted by Crippen LogP contribution is 2.31. The van der Waals surface area contributed by atoms with Crippen molar-refractivity contribution in [3.8, 4) is 0 Å². The van der Waals surface area contributed by atoms with Crippen LogP contribution in [-0.2, 0) is 0 Å². The highest BCUT2D eigenvalue weighted by Gasteiger charge is 2.28. The molecule has 0 aromatic heterocycles. The number of aliphatic hydroxyl groups excluding tert-OH is 1. The second-order valence-corrected chi connectivity index (χ2v) is 2.14. The van der Waals surface area contributed by atoms with Gasteiger partial charge in [-0.1, -0.05) is 0 Å². The molecule has 0 saturated heterocycles. The third kappa shape index (κ3) is 1.14. The van der Waals surface area contributed by atoms with E-state index in [1.165, 1.54) is 12.8 Å². The van der Waals surface area contributed by atoms with Gasteiger partial charge in [0.1, 0.15) is 0 Å². The summed E-state index contributed by atoms with van der Waals surface area (Å²) in [5.74, 6) is 0.546. The molecule has 0 bridgehead atoms. The lowest BCUT2D eigenvalue weighted by atomic mass is 10.2. The summed E-state index contributed by atoms with van der Waals surface area (Å²) in [6.45, 7) is 0.435. The van der Waals surface area contributed by atoms with Gasteiger partial charge in [0.2, 0.25) is 0 Å². The molecule has 1 aliphatic carbocycles. The van der Waals surface area contributed by atoms with Crippen LogP contribution in [-0.4, -0.2) is 17.8 Å². The van der Waals surface area contributed by atoms with Crippen LogP contribution in [0, 0.1) is 5.92 Å². The van der Waals surface area contributed by atoms with E-state index >= 15 is 0 Å². The van der Waals surface area contributed by atoms with Gasteiger partial charge in [-0.15, -0.1) is 0 Å². The van der Waals surface area contributed by atoms with Crippen molar-refractivity contribution in [3.05, 3.63) is 0 Å². The van der Waals surface area contributed by atoms with E-state index in [4.69, 9.17) is 10.8 Å². The summed E-state index contributed by atoms with van der Waals surface area (Å²) >= 11 is 0. The van der Waals surface area contributed by atoms with Gasteiger partial charge >= 0.3 is 0 Å². The molecule has 1 unspecified atom stereocenters. The van der Waals surface area contributed by atoms with Crippen molar-refractivity contribution >= 4 is 0 Å². The fraction of sp³-hybridized carbons (Fsp3) is 1.00. The molecular weight excluding hydrogens is 90.1 g/mol. The molecule has 1 saturated carbocycles. The summed E-state index contributed by atoms with van der Waals surface area (Å²) in [7, 11) is 0. The third-order valence-electron chi connectivity index (χ3n) is 1.41. The van der Waals surface area contributed by atoms with E-state index in [-0.39, 0.29) is 6.10 Å². The second kappa shape index (κ2) is 1.80. The minimum Gasteiger partial charge on any atom is -0.392 e. The Kier molecular flexibility index (Phi) is 1.30. The van der Waals surface area contributed by atoms with Gasteiger partial charge in [0.15, 0.2) is 0 Å². The van der Waals surface area contributed by atoms with Crippen molar-refractivity contribution in [2.24, 2.45) is 11.7 Å². The Hall–Kier alpha value is -0.0800. The minimum atomic E-state index is -0.208. The Bertz CT molecular complexity index is 61.1. The van der Waals surface area contributed by atoms with Crippen LogP contribution in [0.15, 0.2) is 0 Å². The molecule has 0 amide bonds. The lowest BCUT2D eigenvalue weighted by molar-refractivity contribution is 0.159. The predicted octanol–water partition coefficient (Wildman–Crippen LogP) is -0.284. The Morgan fingerprint density at radius 3 is 2.43 bits per heavy atom.